The van der Waals surface area contributed by atoms with Crippen molar-refractivity contribution in [2.75, 3.05) is 7.11 Å². The van der Waals surface area contributed by atoms with Crippen LogP contribution in [0.15, 0.2) is 47.6 Å². The van der Waals surface area contributed by atoms with Gasteiger partial charge >= 0.3 is 5.97 Å². The summed E-state index contributed by atoms with van der Waals surface area (Å²) in [5.74, 6) is -0.477. The van der Waals surface area contributed by atoms with Crippen molar-refractivity contribution >= 4 is 23.5 Å². The molecular weight excluding hydrogens is 250 g/mol. The van der Waals surface area contributed by atoms with Crippen LogP contribution in [0.2, 0.25) is 0 Å². The SMILES string of the molecule is COc1ccc(/C=N/OC(=O)c2ccccc2)s1. The third kappa shape index (κ3) is 3.18. The molecule has 5 heteroatoms. The van der Waals surface area contributed by atoms with Crippen LogP contribution in [-0.2, 0) is 4.84 Å². The quantitative estimate of drug-likeness (QED) is 0.483. The number of hydrogen-bond donors (Lipinski definition) is 0. The Morgan fingerprint density at radius 1 is 1.22 bits per heavy atom. The third-order valence-corrected chi connectivity index (χ3v) is 3.11. The minimum atomic E-state index is -0.477. The van der Waals surface area contributed by atoms with E-state index in [1.165, 1.54) is 17.6 Å². The lowest BCUT2D eigenvalue weighted by Crippen LogP contribution is -2.00. The normalized spacial score (nSPS) is 10.5. The Kier molecular flexibility index (Phi) is 4.09. The summed E-state index contributed by atoms with van der Waals surface area (Å²) in [4.78, 5) is 17.2. The minimum absolute atomic E-state index is 0.471. The van der Waals surface area contributed by atoms with Crippen LogP contribution in [0.5, 0.6) is 5.06 Å². The lowest BCUT2D eigenvalue weighted by Gasteiger charge is -1.95. The molecule has 0 aliphatic carbocycles. The highest BCUT2D eigenvalue weighted by Crippen LogP contribution is 2.22. The monoisotopic (exact) mass is 261 g/mol. The largest absolute Gasteiger partial charge is 0.487 e. The average molecular weight is 261 g/mol. The molecule has 0 spiro atoms. The molecule has 0 radical (unpaired) electrons. The Labute approximate surface area is 108 Å². The standard InChI is InChI=1S/C13H11NO3S/c1-16-12-8-7-11(18-12)9-14-17-13(15)10-5-3-2-4-6-10/h2-9H,1H3/b14-9+. The van der Waals surface area contributed by atoms with Gasteiger partial charge in [-0.15, -0.1) is 0 Å². The molecule has 92 valence electrons. The van der Waals surface area contributed by atoms with Gasteiger partial charge in [-0.25, -0.2) is 4.79 Å². The van der Waals surface area contributed by atoms with E-state index in [4.69, 9.17) is 9.57 Å². The Balaban J connectivity index is 1.93. The first-order chi connectivity index (χ1) is 8.79. The van der Waals surface area contributed by atoms with Gasteiger partial charge in [0.25, 0.3) is 0 Å². The number of carbonyl (C=O) groups is 1. The van der Waals surface area contributed by atoms with Crippen LogP contribution in [0.1, 0.15) is 15.2 Å². The van der Waals surface area contributed by atoms with Crippen molar-refractivity contribution in [3.8, 4) is 5.06 Å². The van der Waals surface area contributed by atoms with Gasteiger partial charge in [-0.3, -0.25) is 0 Å². The number of carbonyl (C=O) groups excluding carboxylic acids is 1. The predicted octanol–water partition coefficient (Wildman–Crippen LogP) is 2.95. The van der Waals surface area contributed by atoms with Crippen LogP contribution in [0.4, 0.5) is 0 Å². The molecule has 0 N–H and O–H groups in total. The van der Waals surface area contributed by atoms with E-state index in [0.717, 1.165) is 9.94 Å². The topological polar surface area (TPSA) is 47.9 Å². The molecule has 0 amide bonds. The fraction of sp³-hybridized carbons (Fsp3) is 0.0769. The summed E-state index contributed by atoms with van der Waals surface area (Å²) in [6, 6.07) is 12.4. The summed E-state index contributed by atoms with van der Waals surface area (Å²) in [6.07, 6.45) is 1.48. The first-order valence-corrected chi connectivity index (χ1v) is 6.05. The van der Waals surface area contributed by atoms with E-state index in [1.54, 1.807) is 31.4 Å². The Hall–Kier alpha value is -2.14. The number of oxime groups is 1. The minimum Gasteiger partial charge on any atom is -0.487 e. The number of rotatable bonds is 4. The predicted molar refractivity (Wildman–Crippen MR) is 70.3 cm³/mol. The molecule has 0 aliphatic heterocycles. The van der Waals surface area contributed by atoms with Gasteiger partial charge in [-0.2, -0.15) is 0 Å². The van der Waals surface area contributed by atoms with Crippen molar-refractivity contribution in [1.29, 1.82) is 0 Å². The van der Waals surface area contributed by atoms with Crippen molar-refractivity contribution in [1.82, 2.24) is 0 Å². The van der Waals surface area contributed by atoms with Crippen molar-refractivity contribution in [3.05, 3.63) is 52.9 Å². The van der Waals surface area contributed by atoms with E-state index in [2.05, 4.69) is 5.16 Å². The molecule has 4 nitrogen and oxygen atoms in total. The second kappa shape index (κ2) is 5.97. The first kappa shape index (κ1) is 12.3. The van der Waals surface area contributed by atoms with Gasteiger partial charge in [0.2, 0.25) is 0 Å². The Bertz CT molecular complexity index is 548. The van der Waals surface area contributed by atoms with Gasteiger partial charge in [-0.05, 0) is 24.3 Å². The molecule has 0 bridgehead atoms. The highest BCUT2D eigenvalue weighted by molar-refractivity contribution is 7.15. The number of thiophene rings is 1. The summed E-state index contributed by atoms with van der Waals surface area (Å²) in [5, 5.41) is 4.43. The van der Waals surface area contributed by atoms with Gasteiger partial charge in [0.05, 0.1) is 23.8 Å². The summed E-state index contributed by atoms with van der Waals surface area (Å²) in [6.45, 7) is 0. The van der Waals surface area contributed by atoms with Crippen LogP contribution in [0, 0.1) is 0 Å². The molecule has 0 saturated carbocycles. The number of nitrogens with zero attached hydrogens (tertiary/aromatic N) is 1. The second-order valence-corrected chi connectivity index (χ2v) is 4.42. The molecule has 0 unspecified atom stereocenters. The maximum Gasteiger partial charge on any atom is 0.365 e. The fourth-order valence-electron chi connectivity index (χ4n) is 1.27. The van der Waals surface area contributed by atoms with E-state index < -0.39 is 5.97 Å². The smallest absolute Gasteiger partial charge is 0.365 e. The first-order valence-electron chi connectivity index (χ1n) is 5.23. The van der Waals surface area contributed by atoms with Crippen LogP contribution in [0.25, 0.3) is 0 Å². The number of hydrogen-bond acceptors (Lipinski definition) is 5. The Morgan fingerprint density at radius 3 is 2.67 bits per heavy atom. The lowest BCUT2D eigenvalue weighted by molar-refractivity contribution is 0.0519. The number of methoxy groups -OCH3 is 1. The molecule has 0 aliphatic rings. The second-order valence-electron chi connectivity index (χ2n) is 3.34. The van der Waals surface area contributed by atoms with Gasteiger partial charge in [0.15, 0.2) is 5.06 Å². The van der Waals surface area contributed by atoms with Crippen molar-refractivity contribution < 1.29 is 14.4 Å². The fourth-order valence-corrected chi connectivity index (χ4v) is 1.95. The van der Waals surface area contributed by atoms with Gasteiger partial charge in [-0.1, -0.05) is 34.7 Å². The van der Waals surface area contributed by atoms with E-state index in [1.807, 2.05) is 18.2 Å². The van der Waals surface area contributed by atoms with Crippen LogP contribution < -0.4 is 4.74 Å². The lowest BCUT2D eigenvalue weighted by atomic mass is 10.2. The highest BCUT2D eigenvalue weighted by Gasteiger charge is 2.04. The highest BCUT2D eigenvalue weighted by atomic mass is 32.1. The van der Waals surface area contributed by atoms with E-state index in [9.17, 15) is 4.79 Å². The zero-order chi connectivity index (χ0) is 12.8. The molecule has 1 heterocycles. The average Bonchev–Trinajstić information content (AvgIpc) is 2.87. The molecule has 0 atom stereocenters. The number of ether oxygens (including phenoxy) is 1. The van der Waals surface area contributed by atoms with Crippen molar-refractivity contribution in [3.63, 3.8) is 0 Å². The van der Waals surface area contributed by atoms with Crippen molar-refractivity contribution in [2.45, 2.75) is 0 Å². The zero-order valence-electron chi connectivity index (χ0n) is 9.70. The Morgan fingerprint density at radius 2 is 2.00 bits per heavy atom. The summed E-state index contributed by atoms with van der Waals surface area (Å²) in [5.41, 5.74) is 0.471. The molecule has 18 heavy (non-hydrogen) atoms. The van der Waals surface area contributed by atoms with Crippen LogP contribution >= 0.6 is 11.3 Å². The third-order valence-electron chi connectivity index (χ3n) is 2.13. The molecular formula is C13H11NO3S. The van der Waals surface area contributed by atoms with Crippen molar-refractivity contribution in [2.24, 2.45) is 5.16 Å². The molecule has 1 aromatic carbocycles. The van der Waals surface area contributed by atoms with Crippen LogP contribution in [-0.4, -0.2) is 19.3 Å². The molecule has 0 saturated heterocycles. The van der Waals surface area contributed by atoms with E-state index in [-0.39, 0.29) is 0 Å². The zero-order valence-corrected chi connectivity index (χ0v) is 10.5. The maximum atomic E-state index is 11.5. The molecule has 2 aromatic rings. The summed E-state index contributed by atoms with van der Waals surface area (Å²) in [7, 11) is 1.60. The number of benzene rings is 1. The summed E-state index contributed by atoms with van der Waals surface area (Å²) < 4.78 is 5.04. The van der Waals surface area contributed by atoms with Gasteiger partial charge < -0.3 is 9.57 Å². The van der Waals surface area contributed by atoms with Gasteiger partial charge in [0, 0.05) is 0 Å². The summed E-state index contributed by atoms with van der Waals surface area (Å²) >= 11 is 1.42. The molecule has 2 rings (SSSR count). The van der Waals surface area contributed by atoms with Crippen LogP contribution in [0.3, 0.4) is 0 Å². The van der Waals surface area contributed by atoms with E-state index in [0.29, 0.717) is 5.56 Å². The molecule has 1 aromatic heterocycles. The van der Waals surface area contributed by atoms with Gasteiger partial charge in [0.1, 0.15) is 0 Å². The maximum absolute atomic E-state index is 11.5. The molecule has 0 fully saturated rings. The van der Waals surface area contributed by atoms with E-state index >= 15 is 0 Å².